The highest BCUT2D eigenvalue weighted by Gasteiger charge is 2.78. The van der Waals surface area contributed by atoms with Crippen LogP contribution in [0.15, 0.2) is 41.5 Å². The quantitative estimate of drug-likeness (QED) is 0.121. The lowest BCUT2D eigenvalue weighted by atomic mass is 9.44. The number of ketones is 1. The Hall–Kier alpha value is -4.42. The summed E-state index contributed by atoms with van der Waals surface area (Å²) in [5.74, 6) is -6.31. The second-order valence-electron chi connectivity index (χ2n) is 18.9. The lowest BCUT2D eigenvalue weighted by Gasteiger charge is -2.67. The van der Waals surface area contributed by atoms with E-state index in [1.165, 1.54) is 26.0 Å². The van der Waals surface area contributed by atoms with Crippen molar-refractivity contribution in [2.75, 3.05) is 6.61 Å². The molecule has 4 N–H and O–H groups in total. The van der Waals surface area contributed by atoms with Crippen molar-refractivity contribution in [3.05, 3.63) is 47.0 Å². The highest BCUT2D eigenvalue weighted by molar-refractivity contribution is 5.95. The number of alkyl carbamates (subject to hydrolysis) is 1. The zero-order chi connectivity index (χ0) is 44.7. The normalized spacial score (nSPS) is 36.0. The summed E-state index contributed by atoms with van der Waals surface area (Å²) in [5.41, 5.74) is -9.47. The maximum atomic E-state index is 15.4. The van der Waals surface area contributed by atoms with Gasteiger partial charge < -0.3 is 53.8 Å². The maximum absolute atomic E-state index is 15.4. The summed E-state index contributed by atoms with van der Waals surface area (Å²) in [7, 11) is 0. The molecule has 60 heavy (non-hydrogen) atoms. The molecular formula is C43H57NO16. The summed E-state index contributed by atoms with van der Waals surface area (Å²) in [6.45, 7) is 16.2. The van der Waals surface area contributed by atoms with Crippen LogP contribution < -0.4 is 5.32 Å². The van der Waals surface area contributed by atoms with Crippen molar-refractivity contribution in [1.82, 2.24) is 5.32 Å². The fourth-order valence-electron chi connectivity index (χ4n) is 9.94. The fraction of sp³-hybridized carbons (Fsp3) is 0.674. The minimum Gasteiger partial charge on any atom is -0.456 e. The number of Topliss-reactive ketones (excluding diaryl/α,β-unsaturated/α-hetero) is 1. The SMILES string of the molecule is CC(=O)O[C@H]1C(=O)[C@@]2(C)[C@H]([C@H](OC(=O)c3ccccc3)[C@]3(O)C[C@H](OC(=O)[C@H](O)[C@@H](NC(=O)OC(C)(C)C)[C@@H]4OC4(C)C)C(C)=C1C3(C)C)[C@]1(OC(C)=O)CO[C@@H]1C[C@@H]2O. The Morgan fingerprint density at radius 1 is 0.950 bits per heavy atom. The molecule has 0 radical (unpaired) electrons. The molecule has 1 amide bonds. The minimum absolute atomic E-state index is 0.0139. The lowest BCUT2D eigenvalue weighted by Crippen LogP contribution is -2.82. The zero-order valence-corrected chi connectivity index (χ0v) is 35.9. The molecule has 330 valence electrons. The predicted molar refractivity (Wildman–Crippen MR) is 207 cm³/mol. The van der Waals surface area contributed by atoms with Crippen molar-refractivity contribution < 1.29 is 77.2 Å². The van der Waals surface area contributed by atoms with E-state index in [4.69, 9.17) is 33.2 Å². The third-order valence-corrected chi connectivity index (χ3v) is 13.1. The molecule has 2 bridgehead atoms. The van der Waals surface area contributed by atoms with Gasteiger partial charge in [-0.15, -0.1) is 0 Å². The number of benzene rings is 1. The van der Waals surface area contributed by atoms with Crippen LogP contribution in [0.4, 0.5) is 4.79 Å². The molecule has 5 aliphatic rings. The lowest BCUT2D eigenvalue weighted by molar-refractivity contribution is -0.346. The summed E-state index contributed by atoms with van der Waals surface area (Å²) < 4.78 is 41.2. The number of aliphatic hydroxyl groups is 3. The first kappa shape index (κ1) is 45.1. The van der Waals surface area contributed by atoms with E-state index in [-0.39, 0.29) is 29.7 Å². The molecule has 0 spiro atoms. The molecule has 4 fully saturated rings. The van der Waals surface area contributed by atoms with Gasteiger partial charge in [0.05, 0.1) is 41.3 Å². The Labute approximate surface area is 348 Å². The molecular weight excluding hydrogens is 786 g/mol. The van der Waals surface area contributed by atoms with Gasteiger partial charge in [-0.3, -0.25) is 14.4 Å². The van der Waals surface area contributed by atoms with Crippen molar-refractivity contribution in [3.63, 3.8) is 0 Å². The smallest absolute Gasteiger partial charge is 0.408 e. The third kappa shape index (κ3) is 7.50. The van der Waals surface area contributed by atoms with E-state index in [1.54, 1.807) is 66.7 Å². The second-order valence-corrected chi connectivity index (χ2v) is 18.9. The number of hydrogen-bond donors (Lipinski definition) is 4. The number of carbonyl (C=O) groups excluding carboxylic acids is 6. The minimum atomic E-state index is -2.40. The standard InChI is InChI=1S/C43H57NO16/c1-20-24(56-36(51)29(48)28(33-40(9,10)59-33)44-37(52)60-38(4,5)6)18-43(53)34(57-35(50)23-15-13-12-14-16-23)31-41(11,25(47)17-26-42(31,19-54-26)58-22(3)46)32(49)30(55-21(2)45)27(20)39(43,7)8/h12-16,24-26,28-31,33-34,47-48,53H,17-19H2,1-11H3,(H,44,52)/t24-,25-,26+,28+,29+,30+,31-,33-,34-,41+,42-,43+/m0/s1. The first-order valence-corrected chi connectivity index (χ1v) is 20.1. The summed E-state index contributed by atoms with van der Waals surface area (Å²) in [6.07, 6.45) is -12.4. The predicted octanol–water partition coefficient (Wildman–Crippen LogP) is 2.64. The molecule has 3 aliphatic carbocycles. The van der Waals surface area contributed by atoms with Gasteiger partial charge in [0.25, 0.3) is 0 Å². The average molecular weight is 844 g/mol. The van der Waals surface area contributed by atoms with Crippen molar-refractivity contribution >= 4 is 35.8 Å². The highest BCUT2D eigenvalue weighted by Crippen LogP contribution is 2.64. The average Bonchev–Trinajstić information content (AvgIpc) is 3.77. The van der Waals surface area contributed by atoms with Crippen LogP contribution in [-0.4, -0.2) is 129 Å². The summed E-state index contributed by atoms with van der Waals surface area (Å²) in [4.78, 5) is 82.6. The van der Waals surface area contributed by atoms with E-state index in [2.05, 4.69) is 5.32 Å². The molecule has 17 nitrogen and oxygen atoms in total. The Morgan fingerprint density at radius 3 is 2.08 bits per heavy atom. The first-order valence-electron chi connectivity index (χ1n) is 20.1. The number of aliphatic hydroxyl groups excluding tert-OH is 2. The molecule has 2 saturated heterocycles. The highest BCUT2D eigenvalue weighted by atomic mass is 16.6. The van der Waals surface area contributed by atoms with E-state index >= 15 is 4.79 Å². The molecule has 12 atom stereocenters. The van der Waals surface area contributed by atoms with Gasteiger partial charge in [0.15, 0.2) is 23.6 Å². The van der Waals surface area contributed by atoms with E-state index in [1.807, 2.05) is 0 Å². The van der Waals surface area contributed by atoms with Gasteiger partial charge in [-0.2, -0.15) is 0 Å². The number of epoxide rings is 1. The molecule has 1 aromatic rings. The van der Waals surface area contributed by atoms with Crippen LogP contribution >= 0.6 is 0 Å². The number of amides is 1. The van der Waals surface area contributed by atoms with Crippen LogP contribution in [-0.2, 0) is 52.3 Å². The molecule has 1 aromatic carbocycles. The first-order chi connectivity index (χ1) is 27.6. The Kier molecular flexibility index (Phi) is 11.4. The fourth-order valence-corrected chi connectivity index (χ4v) is 9.94. The van der Waals surface area contributed by atoms with E-state index in [0.717, 1.165) is 13.8 Å². The Morgan fingerprint density at radius 2 is 1.57 bits per heavy atom. The number of fused-ring (bicyclic) bond motifs is 5. The molecule has 2 saturated carbocycles. The molecule has 6 rings (SSSR count). The molecule has 0 aromatic heterocycles. The van der Waals surface area contributed by atoms with E-state index < -0.39 is 130 Å². The maximum Gasteiger partial charge on any atom is 0.408 e. The number of ether oxygens (including phenoxy) is 7. The number of hydrogen-bond acceptors (Lipinski definition) is 16. The van der Waals surface area contributed by atoms with Crippen molar-refractivity contribution in [3.8, 4) is 0 Å². The monoisotopic (exact) mass is 843 g/mol. The number of carbonyl (C=O) groups is 6. The van der Waals surface area contributed by atoms with Crippen LogP contribution in [0, 0.1) is 16.7 Å². The van der Waals surface area contributed by atoms with Crippen LogP contribution in [0.5, 0.6) is 0 Å². The van der Waals surface area contributed by atoms with E-state index in [0.29, 0.717) is 0 Å². The van der Waals surface area contributed by atoms with Crippen molar-refractivity contribution in [2.24, 2.45) is 16.7 Å². The van der Waals surface area contributed by atoms with Crippen LogP contribution in [0.1, 0.15) is 99.4 Å². The van der Waals surface area contributed by atoms with Gasteiger partial charge in [0, 0.05) is 32.1 Å². The number of esters is 4. The summed E-state index contributed by atoms with van der Waals surface area (Å²) in [5, 5.41) is 39.7. The molecule has 17 heteroatoms. The Bertz CT molecular complexity index is 1970. The van der Waals surface area contributed by atoms with Gasteiger partial charge in [-0.25, -0.2) is 14.4 Å². The topological polar surface area (TPSA) is 243 Å². The van der Waals surface area contributed by atoms with Crippen LogP contribution in [0.3, 0.4) is 0 Å². The largest absolute Gasteiger partial charge is 0.456 e. The summed E-state index contributed by atoms with van der Waals surface area (Å²) >= 11 is 0. The number of nitrogens with one attached hydrogen (secondary N) is 1. The second kappa shape index (κ2) is 15.2. The van der Waals surface area contributed by atoms with Gasteiger partial charge in [-0.1, -0.05) is 32.0 Å². The van der Waals surface area contributed by atoms with Crippen LogP contribution in [0.2, 0.25) is 0 Å². The molecule has 2 heterocycles. The number of rotatable bonds is 9. The van der Waals surface area contributed by atoms with Crippen molar-refractivity contribution in [1.29, 1.82) is 0 Å². The van der Waals surface area contributed by atoms with E-state index in [9.17, 15) is 39.3 Å². The third-order valence-electron chi connectivity index (χ3n) is 13.1. The van der Waals surface area contributed by atoms with Gasteiger partial charge in [0.2, 0.25) is 0 Å². The zero-order valence-electron chi connectivity index (χ0n) is 35.9. The molecule has 0 unspecified atom stereocenters. The van der Waals surface area contributed by atoms with Gasteiger partial charge in [-0.05, 0) is 71.7 Å². The molecule has 2 aliphatic heterocycles. The Balaban J connectivity index is 1.53. The van der Waals surface area contributed by atoms with Gasteiger partial charge >= 0.3 is 30.0 Å². The van der Waals surface area contributed by atoms with Crippen molar-refractivity contribution in [2.45, 2.75) is 160 Å². The summed E-state index contributed by atoms with van der Waals surface area (Å²) in [6, 6.07) is 6.44. The van der Waals surface area contributed by atoms with Gasteiger partial charge in [0.1, 0.15) is 35.6 Å². The van der Waals surface area contributed by atoms with Crippen LogP contribution in [0.25, 0.3) is 0 Å².